The first-order valence-electron chi connectivity index (χ1n) is 7.10. The van der Waals surface area contributed by atoms with E-state index in [4.69, 9.17) is 5.73 Å². The van der Waals surface area contributed by atoms with Gasteiger partial charge in [0, 0.05) is 28.2 Å². The molecule has 0 radical (unpaired) electrons. The first-order valence-corrected chi connectivity index (χ1v) is 7.98. The number of nitrogens with zero attached hydrogens (tertiary/aromatic N) is 1. The lowest BCUT2D eigenvalue weighted by Crippen LogP contribution is -2.17. The highest BCUT2D eigenvalue weighted by molar-refractivity contribution is 8.00. The highest BCUT2D eigenvalue weighted by Crippen LogP contribution is 2.28. The van der Waals surface area contributed by atoms with Gasteiger partial charge < -0.3 is 15.7 Å². The van der Waals surface area contributed by atoms with E-state index in [9.17, 15) is 9.59 Å². The van der Waals surface area contributed by atoms with Crippen molar-refractivity contribution in [3.8, 4) is 0 Å². The molecule has 4 N–H and O–H groups in total. The summed E-state index contributed by atoms with van der Waals surface area (Å²) in [5.74, 6) is 0.120. The number of hydrogen-bond donors (Lipinski definition) is 3. The van der Waals surface area contributed by atoms with Gasteiger partial charge in [-0.3, -0.25) is 9.59 Å². The van der Waals surface area contributed by atoms with Crippen LogP contribution in [0.15, 0.2) is 40.3 Å². The Kier molecular flexibility index (Phi) is 3.96. The number of para-hydroxylation sites is 1. The molecule has 2 heterocycles. The standard InChI is InChI=1S/C16H16N4O2S/c1-8-14(10-5-3-4-6-11(10)18-8)15(22)9(2)23-16-19-12(17)7-13(21)20-16/h3-7,9,18H,1-2H3,(H3,17,19,20,21). The van der Waals surface area contributed by atoms with Crippen molar-refractivity contribution in [2.45, 2.75) is 24.3 Å². The summed E-state index contributed by atoms with van der Waals surface area (Å²) >= 11 is 1.19. The third-order valence-electron chi connectivity index (χ3n) is 3.54. The average molecular weight is 328 g/mol. The van der Waals surface area contributed by atoms with Gasteiger partial charge in [0.1, 0.15) is 5.82 Å². The monoisotopic (exact) mass is 328 g/mol. The zero-order valence-corrected chi connectivity index (χ0v) is 13.5. The van der Waals surface area contributed by atoms with E-state index in [0.29, 0.717) is 10.7 Å². The number of aryl methyl sites for hydroxylation is 1. The van der Waals surface area contributed by atoms with Crippen molar-refractivity contribution in [3.05, 3.63) is 51.9 Å². The minimum atomic E-state index is -0.405. The van der Waals surface area contributed by atoms with Crippen LogP contribution in [0.1, 0.15) is 23.0 Å². The molecule has 1 unspecified atom stereocenters. The highest BCUT2D eigenvalue weighted by atomic mass is 32.2. The molecule has 0 amide bonds. The number of carbonyl (C=O) groups excluding carboxylic acids is 1. The van der Waals surface area contributed by atoms with Crippen molar-refractivity contribution < 1.29 is 4.79 Å². The minimum Gasteiger partial charge on any atom is -0.383 e. The fraction of sp³-hybridized carbons (Fsp3) is 0.188. The quantitative estimate of drug-likeness (QED) is 0.388. The van der Waals surface area contributed by atoms with E-state index in [0.717, 1.165) is 16.6 Å². The maximum Gasteiger partial charge on any atom is 0.253 e. The molecule has 0 fully saturated rings. The zero-order valence-electron chi connectivity index (χ0n) is 12.7. The van der Waals surface area contributed by atoms with Crippen LogP contribution < -0.4 is 11.3 Å². The molecule has 6 nitrogen and oxygen atoms in total. The maximum absolute atomic E-state index is 12.8. The van der Waals surface area contributed by atoms with Gasteiger partial charge in [-0.15, -0.1) is 0 Å². The summed E-state index contributed by atoms with van der Waals surface area (Å²) in [6.07, 6.45) is 0. The van der Waals surface area contributed by atoms with Gasteiger partial charge in [-0.05, 0) is 19.9 Å². The Bertz CT molecular complexity index is 945. The lowest BCUT2D eigenvalue weighted by atomic mass is 10.1. The van der Waals surface area contributed by atoms with E-state index < -0.39 is 5.25 Å². The van der Waals surface area contributed by atoms with Crippen molar-refractivity contribution in [2.75, 3.05) is 5.73 Å². The van der Waals surface area contributed by atoms with Crippen LogP contribution in [0.25, 0.3) is 10.9 Å². The van der Waals surface area contributed by atoms with Crippen LogP contribution in [-0.4, -0.2) is 26.0 Å². The summed E-state index contributed by atoms with van der Waals surface area (Å²) in [6, 6.07) is 8.89. The summed E-state index contributed by atoms with van der Waals surface area (Å²) < 4.78 is 0. The van der Waals surface area contributed by atoms with Crippen molar-refractivity contribution in [3.63, 3.8) is 0 Å². The Hall–Kier alpha value is -2.54. The average Bonchev–Trinajstić information content (AvgIpc) is 2.81. The molecule has 0 aliphatic rings. The molecule has 0 aliphatic carbocycles. The predicted octanol–water partition coefficient (Wildman–Crippen LogP) is 2.51. The Balaban J connectivity index is 1.92. The third kappa shape index (κ3) is 3.00. The predicted molar refractivity (Wildman–Crippen MR) is 92.0 cm³/mol. The van der Waals surface area contributed by atoms with Crippen LogP contribution in [0.5, 0.6) is 0 Å². The molecular formula is C16H16N4O2S. The molecule has 1 atom stereocenters. The van der Waals surface area contributed by atoms with Gasteiger partial charge in [0.05, 0.1) is 5.25 Å². The van der Waals surface area contributed by atoms with E-state index in [1.165, 1.54) is 17.8 Å². The Morgan fingerprint density at radius 3 is 2.78 bits per heavy atom. The molecule has 7 heteroatoms. The normalized spacial score (nSPS) is 12.4. The molecular weight excluding hydrogens is 312 g/mol. The molecule has 0 spiro atoms. The number of hydrogen-bond acceptors (Lipinski definition) is 5. The van der Waals surface area contributed by atoms with Crippen molar-refractivity contribution >= 4 is 34.3 Å². The van der Waals surface area contributed by atoms with Crippen LogP contribution in [0.3, 0.4) is 0 Å². The van der Waals surface area contributed by atoms with E-state index in [1.54, 1.807) is 6.92 Å². The summed E-state index contributed by atoms with van der Waals surface area (Å²) in [5.41, 5.74) is 7.68. The molecule has 118 valence electrons. The number of carbonyl (C=O) groups is 1. The van der Waals surface area contributed by atoms with Crippen LogP contribution in [0, 0.1) is 6.92 Å². The number of ketones is 1. The number of Topliss-reactive ketones (excluding diaryl/α,β-unsaturated/α-hetero) is 1. The van der Waals surface area contributed by atoms with Crippen molar-refractivity contribution in [1.29, 1.82) is 0 Å². The molecule has 0 saturated carbocycles. The third-order valence-corrected chi connectivity index (χ3v) is 4.52. The number of anilines is 1. The molecule has 2 aromatic heterocycles. The molecule has 0 saturated heterocycles. The van der Waals surface area contributed by atoms with Crippen LogP contribution in [0.2, 0.25) is 0 Å². The summed E-state index contributed by atoms with van der Waals surface area (Å²) in [6.45, 7) is 3.67. The Morgan fingerprint density at radius 1 is 1.30 bits per heavy atom. The van der Waals surface area contributed by atoms with Gasteiger partial charge in [-0.25, -0.2) is 4.98 Å². The summed E-state index contributed by atoms with van der Waals surface area (Å²) in [4.78, 5) is 34.1. The number of nitrogens with two attached hydrogens (primary N) is 1. The summed E-state index contributed by atoms with van der Waals surface area (Å²) in [5, 5.41) is 0.836. The maximum atomic E-state index is 12.8. The fourth-order valence-corrected chi connectivity index (χ4v) is 3.40. The largest absolute Gasteiger partial charge is 0.383 e. The van der Waals surface area contributed by atoms with Gasteiger partial charge in [0.25, 0.3) is 5.56 Å². The molecule has 3 rings (SSSR count). The lowest BCUT2D eigenvalue weighted by molar-refractivity contribution is 0.0995. The van der Waals surface area contributed by atoms with E-state index in [1.807, 2.05) is 31.2 Å². The number of rotatable bonds is 4. The van der Waals surface area contributed by atoms with Gasteiger partial charge in [-0.1, -0.05) is 30.0 Å². The van der Waals surface area contributed by atoms with Gasteiger partial charge in [0.2, 0.25) is 0 Å². The second kappa shape index (κ2) is 5.92. The number of thioether (sulfide) groups is 1. The zero-order chi connectivity index (χ0) is 16.6. The van der Waals surface area contributed by atoms with Crippen molar-refractivity contribution in [1.82, 2.24) is 15.0 Å². The Morgan fingerprint density at radius 2 is 2.04 bits per heavy atom. The smallest absolute Gasteiger partial charge is 0.253 e. The second-order valence-electron chi connectivity index (χ2n) is 5.27. The number of nitrogens with one attached hydrogen (secondary N) is 2. The molecule has 0 aliphatic heterocycles. The Labute approximate surface area is 136 Å². The number of H-pyrrole nitrogens is 2. The van der Waals surface area contributed by atoms with Crippen LogP contribution in [-0.2, 0) is 0 Å². The van der Waals surface area contributed by atoms with E-state index >= 15 is 0 Å². The second-order valence-corrected chi connectivity index (χ2v) is 6.60. The van der Waals surface area contributed by atoms with Crippen LogP contribution in [0.4, 0.5) is 5.82 Å². The number of aromatic amines is 2. The number of benzene rings is 1. The topological polar surface area (TPSA) is 105 Å². The van der Waals surface area contributed by atoms with Gasteiger partial charge >= 0.3 is 0 Å². The van der Waals surface area contributed by atoms with E-state index in [-0.39, 0.29) is 17.2 Å². The van der Waals surface area contributed by atoms with Crippen molar-refractivity contribution in [2.24, 2.45) is 0 Å². The molecule has 23 heavy (non-hydrogen) atoms. The molecule has 3 aromatic rings. The lowest BCUT2D eigenvalue weighted by Gasteiger charge is -2.10. The van der Waals surface area contributed by atoms with Crippen LogP contribution >= 0.6 is 11.8 Å². The first-order chi connectivity index (χ1) is 11.0. The number of aromatic nitrogens is 3. The van der Waals surface area contributed by atoms with Gasteiger partial charge in [0.15, 0.2) is 10.9 Å². The molecule has 0 bridgehead atoms. The highest BCUT2D eigenvalue weighted by Gasteiger charge is 2.23. The SMILES string of the molecule is Cc1[nH]c2ccccc2c1C(=O)C(C)Sc1nc(N)cc(=O)[nH]1. The minimum absolute atomic E-state index is 0.0185. The molecule has 1 aromatic carbocycles. The number of fused-ring (bicyclic) bond motifs is 1. The van der Waals surface area contributed by atoms with Gasteiger partial charge in [-0.2, -0.15) is 0 Å². The number of nitrogen functional groups attached to an aromatic ring is 1. The summed E-state index contributed by atoms with van der Waals surface area (Å²) in [7, 11) is 0. The first kappa shape index (κ1) is 15.4. The van der Waals surface area contributed by atoms with E-state index in [2.05, 4.69) is 15.0 Å². The fourth-order valence-electron chi connectivity index (χ4n) is 2.53.